The Bertz CT molecular complexity index is 485. The molecule has 0 saturated heterocycles. The van der Waals surface area contributed by atoms with Crippen molar-refractivity contribution >= 4 is 11.9 Å². The number of esters is 1. The molecule has 4 heteroatoms. The molecule has 1 aromatic rings. The maximum absolute atomic E-state index is 11.6. The number of carbonyl (C=O) groups excluding carboxylic acids is 2. The molecule has 0 spiro atoms. The molecule has 1 N–H and O–H groups in total. The van der Waals surface area contributed by atoms with Crippen molar-refractivity contribution in [2.75, 3.05) is 7.05 Å². The fourth-order valence-corrected chi connectivity index (χ4v) is 2.02. The van der Waals surface area contributed by atoms with Crippen LogP contribution in [0.25, 0.3) is 0 Å². The first-order valence-corrected chi connectivity index (χ1v) is 6.30. The second-order valence-electron chi connectivity index (χ2n) is 4.62. The van der Waals surface area contributed by atoms with Gasteiger partial charge in [0, 0.05) is 19.0 Å². The predicted octanol–water partition coefficient (Wildman–Crippen LogP) is 1.81. The van der Waals surface area contributed by atoms with Gasteiger partial charge in [-0.25, -0.2) is 4.79 Å². The van der Waals surface area contributed by atoms with Crippen LogP contribution in [-0.2, 0) is 20.9 Å². The Morgan fingerprint density at radius 1 is 1.32 bits per heavy atom. The molecule has 1 aliphatic rings. The Kier molecular flexibility index (Phi) is 4.34. The van der Waals surface area contributed by atoms with Crippen LogP contribution in [0.2, 0.25) is 0 Å². The van der Waals surface area contributed by atoms with E-state index in [4.69, 9.17) is 4.74 Å². The van der Waals surface area contributed by atoms with Crippen LogP contribution in [0, 0.1) is 5.92 Å². The topological polar surface area (TPSA) is 55.4 Å². The largest absolute Gasteiger partial charge is 0.458 e. The van der Waals surface area contributed by atoms with Crippen LogP contribution in [0.3, 0.4) is 0 Å². The van der Waals surface area contributed by atoms with E-state index in [-0.39, 0.29) is 24.4 Å². The molecule has 0 atom stereocenters. The number of amides is 1. The molecular weight excluding hydrogens is 242 g/mol. The van der Waals surface area contributed by atoms with Gasteiger partial charge >= 0.3 is 5.97 Å². The van der Waals surface area contributed by atoms with Crippen LogP contribution >= 0.6 is 0 Å². The molecule has 0 unspecified atom stereocenters. The first-order chi connectivity index (χ1) is 9.19. The highest BCUT2D eigenvalue weighted by Gasteiger charge is 2.29. The van der Waals surface area contributed by atoms with Crippen molar-refractivity contribution in [2.45, 2.75) is 19.4 Å². The highest BCUT2D eigenvalue weighted by molar-refractivity contribution is 5.85. The van der Waals surface area contributed by atoms with Crippen LogP contribution in [0.5, 0.6) is 0 Å². The van der Waals surface area contributed by atoms with E-state index in [2.05, 4.69) is 5.32 Å². The summed E-state index contributed by atoms with van der Waals surface area (Å²) < 4.78 is 5.14. The van der Waals surface area contributed by atoms with Crippen molar-refractivity contribution in [2.24, 2.45) is 5.92 Å². The molecule has 1 fully saturated rings. The van der Waals surface area contributed by atoms with Crippen molar-refractivity contribution < 1.29 is 14.3 Å². The molecule has 0 bridgehead atoms. The normalized spacial score (nSPS) is 17.3. The van der Waals surface area contributed by atoms with Gasteiger partial charge in [-0.2, -0.15) is 0 Å². The molecule has 1 aromatic carbocycles. The van der Waals surface area contributed by atoms with Gasteiger partial charge in [-0.05, 0) is 18.4 Å². The third-order valence-corrected chi connectivity index (χ3v) is 3.18. The third-order valence-electron chi connectivity index (χ3n) is 3.18. The zero-order valence-electron chi connectivity index (χ0n) is 10.9. The van der Waals surface area contributed by atoms with Crippen LogP contribution in [0.1, 0.15) is 18.4 Å². The highest BCUT2D eigenvalue weighted by atomic mass is 16.5. The maximum atomic E-state index is 11.6. The number of rotatable bonds is 4. The molecule has 0 heterocycles. The zero-order chi connectivity index (χ0) is 13.7. The van der Waals surface area contributed by atoms with E-state index in [0.29, 0.717) is 12.8 Å². The van der Waals surface area contributed by atoms with Crippen LogP contribution in [-0.4, -0.2) is 18.9 Å². The summed E-state index contributed by atoms with van der Waals surface area (Å²) >= 11 is 0. The third kappa shape index (κ3) is 3.68. The van der Waals surface area contributed by atoms with Gasteiger partial charge in [0.2, 0.25) is 5.91 Å². The lowest BCUT2D eigenvalue weighted by molar-refractivity contribution is -0.139. The fraction of sp³-hybridized carbons (Fsp3) is 0.333. The minimum Gasteiger partial charge on any atom is -0.458 e. The Morgan fingerprint density at radius 2 is 2.00 bits per heavy atom. The Balaban J connectivity index is 1.75. The van der Waals surface area contributed by atoms with Crippen molar-refractivity contribution in [1.82, 2.24) is 5.32 Å². The number of benzene rings is 1. The number of allylic oxidation sites excluding steroid dienone is 1. The second-order valence-corrected chi connectivity index (χ2v) is 4.62. The van der Waals surface area contributed by atoms with E-state index >= 15 is 0 Å². The summed E-state index contributed by atoms with van der Waals surface area (Å²) in [7, 11) is 1.62. The van der Waals surface area contributed by atoms with E-state index in [1.807, 2.05) is 30.3 Å². The van der Waals surface area contributed by atoms with Gasteiger partial charge in [0.25, 0.3) is 0 Å². The molecule has 2 rings (SSSR count). The average Bonchev–Trinajstić information content (AvgIpc) is 2.40. The SMILES string of the molecule is CNC(=O)C1CC(=CC(=O)OCc2ccccc2)C1. The van der Waals surface area contributed by atoms with Gasteiger partial charge in [0.1, 0.15) is 6.61 Å². The summed E-state index contributed by atoms with van der Waals surface area (Å²) in [6.07, 6.45) is 2.81. The monoisotopic (exact) mass is 259 g/mol. The molecule has 1 amide bonds. The summed E-state index contributed by atoms with van der Waals surface area (Å²) in [6, 6.07) is 9.54. The lowest BCUT2D eigenvalue weighted by atomic mass is 9.79. The van der Waals surface area contributed by atoms with Gasteiger partial charge in [-0.15, -0.1) is 0 Å². The maximum Gasteiger partial charge on any atom is 0.331 e. The Morgan fingerprint density at radius 3 is 2.63 bits per heavy atom. The lowest BCUT2D eigenvalue weighted by Crippen LogP contribution is -2.33. The van der Waals surface area contributed by atoms with E-state index in [1.54, 1.807) is 7.05 Å². The average molecular weight is 259 g/mol. The molecule has 0 aliphatic heterocycles. The first kappa shape index (κ1) is 13.3. The van der Waals surface area contributed by atoms with Crippen LogP contribution in [0.4, 0.5) is 0 Å². The van der Waals surface area contributed by atoms with Crippen molar-refractivity contribution in [1.29, 1.82) is 0 Å². The van der Waals surface area contributed by atoms with Gasteiger partial charge in [-0.3, -0.25) is 4.79 Å². The molecule has 0 aromatic heterocycles. The highest BCUT2D eigenvalue weighted by Crippen LogP contribution is 2.32. The summed E-state index contributed by atoms with van der Waals surface area (Å²) in [5, 5.41) is 2.61. The van der Waals surface area contributed by atoms with Crippen LogP contribution in [0.15, 0.2) is 42.0 Å². The molecule has 0 radical (unpaired) electrons. The minimum atomic E-state index is -0.339. The van der Waals surface area contributed by atoms with Crippen LogP contribution < -0.4 is 5.32 Å². The fourth-order valence-electron chi connectivity index (χ4n) is 2.02. The summed E-state index contributed by atoms with van der Waals surface area (Å²) in [4.78, 5) is 22.8. The first-order valence-electron chi connectivity index (χ1n) is 6.30. The van der Waals surface area contributed by atoms with Gasteiger partial charge < -0.3 is 10.1 Å². The molecule has 100 valence electrons. The quantitative estimate of drug-likeness (QED) is 0.662. The number of nitrogens with one attached hydrogen (secondary N) is 1. The standard InChI is InChI=1S/C15H17NO3/c1-16-15(18)13-7-12(8-13)9-14(17)19-10-11-5-3-2-4-6-11/h2-6,9,13H,7-8,10H2,1H3,(H,16,18). The summed E-state index contributed by atoms with van der Waals surface area (Å²) in [6.45, 7) is 0.280. The van der Waals surface area contributed by atoms with Crippen molar-refractivity contribution in [3.05, 3.63) is 47.5 Å². The second kappa shape index (κ2) is 6.18. The zero-order valence-corrected chi connectivity index (χ0v) is 10.9. The van der Waals surface area contributed by atoms with E-state index in [1.165, 1.54) is 6.08 Å². The number of hydrogen-bond acceptors (Lipinski definition) is 3. The van der Waals surface area contributed by atoms with E-state index < -0.39 is 0 Å². The lowest BCUT2D eigenvalue weighted by Gasteiger charge is -2.27. The van der Waals surface area contributed by atoms with Gasteiger partial charge in [0.15, 0.2) is 0 Å². The smallest absolute Gasteiger partial charge is 0.331 e. The predicted molar refractivity (Wildman–Crippen MR) is 71.1 cm³/mol. The molecule has 1 aliphatic carbocycles. The molecule has 1 saturated carbocycles. The van der Waals surface area contributed by atoms with Crippen molar-refractivity contribution in [3.63, 3.8) is 0 Å². The van der Waals surface area contributed by atoms with Crippen molar-refractivity contribution in [3.8, 4) is 0 Å². The number of carbonyl (C=O) groups is 2. The summed E-state index contributed by atoms with van der Waals surface area (Å²) in [5.41, 5.74) is 1.94. The molecule has 4 nitrogen and oxygen atoms in total. The molecular formula is C15H17NO3. The number of hydrogen-bond donors (Lipinski definition) is 1. The van der Waals surface area contributed by atoms with Gasteiger partial charge in [0.05, 0.1) is 0 Å². The Hall–Kier alpha value is -2.10. The summed E-state index contributed by atoms with van der Waals surface area (Å²) in [5.74, 6) is -0.290. The molecule has 19 heavy (non-hydrogen) atoms. The van der Waals surface area contributed by atoms with E-state index in [9.17, 15) is 9.59 Å². The van der Waals surface area contributed by atoms with E-state index in [0.717, 1.165) is 11.1 Å². The Labute approximate surface area is 112 Å². The number of ether oxygens (including phenoxy) is 1. The van der Waals surface area contributed by atoms with Gasteiger partial charge in [-0.1, -0.05) is 35.9 Å². The minimum absolute atomic E-state index is 0.0122.